The van der Waals surface area contributed by atoms with Crippen molar-refractivity contribution in [3.63, 3.8) is 0 Å². The first-order valence-electron chi connectivity index (χ1n) is 30.8. The maximum absolute atomic E-state index is 10.6. The molecular formula is C60H123O4P. The lowest BCUT2D eigenvalue weighted by Crippen LogP contribution is -1.92. The topological polar surface area (TPSA) is 66.8 Å². The highest BCUT2D eigenvalue weighted by atomic mass is 31.2. The quantitative estimate of drug-likeness (QED) is 0.0471. The minimum absolute atomic E-state index is 0.171. The number of hydrogen-bond acceptors (Lipinski definition) is 2. The Labute approximate surface area is 411 Å². The average Bonchev–Trinajstić information content (AvgIpc) is 3.29. The second-order valence-electron chi connectivity index (χ2n) is 21.5. The zero-order valence-electron chi connectivity index (χ0n) is 44.9. The first-order valence-corrected chi connectivity index (χ1v) is 32.3. The maximum Gasteiger partial charge on any atom is 0.469 e. The van der Waals surface area contributed by atoms with Crippen LogP contribution in [0.15, 0.2) is 0 Å². The van der Waals surface area contributed by atoms with Crippen LogP contribution >= 0.6 is 7.82 Å². The average molecular weight is 940 g/mol. The summed E-state index contributed by atoms with van der Waals surface area (Å²) in [4.78, 5) is 17.3. The molecular weight excluding hydrogens is 816 g/mol. The van der Waals surface area contributed by atoms with Gasteiger partial charge in [0, 0.05) is 0 Å². The molecule has 4 nitrogen and oxygen atoms in total. The number of phosphoric ester groups is 1. The van der Waals surface area contributed by atoms with Crippen LogP contribution in [0.5, 0.6) is 0 Å². The summed E-state index contributed by atoms with van der Waals surface area (Å²) in [5, 5.41) is 0. The molecule has 2 N–H and O–H groups in total. The van der Waals surface area contributed by atoms with Crippen LogP contribution in [0, 0.1) is 0 Å². The molecule has 0 saturated carbocycles. The van der Waals surface area contributed by atoms with Crippen LogP contribution in [-0.2, 0) is 9.09 Å². The van der Waals surface area contributed by atoms with Gasteiger partial charge in [0.15, 0.2) is 0 Å². The number of unbranched alkanes of at least 4 members (excludes halogenated alkanes) is 57. The Hall–Kier alpha value is 0.110. The van der Waals surface area contributed by atoms with Crippen molar-refractivity contribution in [3.8, 4) is 0 Å². The molecule has 0 unspecified atom stereocenters. The van der Waals surface area contributed by atoms with E-state index in [1.165, 1.54) is 353 Å². The first kappa shape index (κ1) is 65.1. The third-order valence-corrected chi connectivity index (χ3v) is 15.3. The second-order valence-corrected chi connectivity index (χ2v) is 22.7. The van der Waals surface area contributed by atoms with E-state index in [-0.39, 0.29) is 6.61 Å². The summed E-state index contributed by atoms with van der Waals surface area (Å²) in [6.45, 7) is 2.48. The highest BCUT2D eigenvalue weighted by Crippen LogP contribution is 2.35. The summed E-state index contributed by atoms with van der Waals surface area (Å²) < 4.78 is 15.1. The van der Waals surface area contributed by atoms with E-state index in [0.29, 0.717) is 0 Å². The molecule has 0 bridgehead atoms. The fraction of sp³-hybridized carbons (Fsp3) is 1.00. The van der Waals surface area contributed by atoms with Crippen LogP contribution in [0.1, 0.15) is 379 Å². The van der Waals surface area contributed by atoms with E-state index in [0.717, 1.165) is 19.3 Å². The van der Waals surface area contributed by atoms with Crippen molar-refractivity contribution in [2.45, 2.75) is 379 Å². The minimum Gasteiger partial charge on any atom is -0.303 e. The van der Waals surface area contributed by atoms with Crippen LogP contribution in [0.25, 0.3) is 0 Å². The lowest BCUT2D eigenvalue weighted by Gasteiger charge is -2.05. The smallest absolute Gasteiger partial charge is 0.303 e. The Morgan fingerprint density at radius 3 is 0.431 bits per heavy atom. The van der Waals surface area contributed by atoms with Gasteiger partial charge >= 0.3 is 7.82 Å². The molecule has 0 rings (SSSR count). The molecule has 0 amide bonds. The molecule has 0 atom stereocenters. The van der Waals surface area contributed by atoms with Crippen molar-refractivity contribution < 1.29 is 18.9 Å². The largest absolute Gasteiger partial charge is 0.469 e. The van der Waals surface area contributed by atoms with Crippen molar-refractivity contribution in [3.05, 3.63) is 0 Å². The van der Waals surface area contributed by atoms with Crippen LogP contribution in [0.2, 0.25) is 0 Å². The summed E-state index contributed by atoms with van der Waals surface area (Å²) in [6.07, 6.45) is 83.1. The van der Waals surface area contributed by atoms with E-state index in [9.17, 15) is 4.57 Å². The monoisotopic (exact) mass is 939 g/mol. The Morgan fingerprint density at radius 2 is 0.323 bits per heavy atom. The van der Waals surface area contributed by atoms with Gasteiger partial charge in [0.1, 0.15) is 0 Å². The van der Waals surface area contributed by atoms with Gasteiger partial charge in [-0.15, -0.1) is 0 Å². The minimum atomic E-state index is -4.28. The van der Waals surface area contributed by atoms with Gasteiger partial charge in [0.2, 0.25) is 0 Å². The van der Waals surface area contributed by atoms with Crippen LogP contribution < -0.4 is 0 Å². The third kappa shape index (κ3) is 64.1. The molecule has 0 aliphatic carbocycles. The van der Waals surface area contributed by atoms with Gasteiger partial charge in [0.25, 0.3) is 0 Å². The van der Waals surface area contributed by atoms with Crippen molar-refractivity contribution >= 4 is 7.82 Å². The number of phosphoric acid groups is 1. The third-order valence-electron chi connectivity index (χ3n) is 14.8. The normalized spacial score (nSPS) is 12.0. The molecule has 0 fully saturated rings. The van der Waals surface area contributed by atoms with Gasteiger partial charge in [-0.1, -0.05) is 373 Å². The molecule has 0 aromatic rings. The van der Waals surface area contributed by atoms with E-state index in [4.69, 9.17) is 9.79 Å². The fourth-order valence-electron chi connectivity index (χ4n) is 10.3. The number of hydrogen-bond donors (Lipinski definition) is 2. The SMILES string of the molecule is CCCCCCCCCCCCCCCCCCCCCCCCCCCCCCCCCCCCCCCCCCCCCCCCCCCCCCCCCCCCOP(=O)(O)O. The van der Waals surface area contributed by atoms with Gasteiger partial charge in [-0.2, -0.15) is 0 Å². The molecule has 65 heavy (non-hydrogen) atoms. The van der Waals surface area contributed by atoms with Crippen molar-refractivity contribution in [2.24, 2.45) is 0 Å². The van der Waals surface area contributed by atoms with Crippen LogP contribution in [0.4, 0.5) is 0 Å². The molecule has 0 aromatic heterocycles. The van der Waals surface area contributed by atoms with E-state index in [1.807, 2.05) is 0 Å². The van der Waals surface area contributed by atoms with Crippen LogP contribution in [-0.4, -0.2) is 16.4 Å². The predicted octanol–water partition coefficient (Wildman–Crippen LogP) is 22.7. The van der Waals surface area contributed by atoms with Gasteiger partial charge < -0.3 is 9.79 Å². The standard InChI is InChI=1S/C60H123O4P/c1-2-3-4-5-6-7-8-9-10-11-12-13-14-15-16-17-18-19-20-21-22-23-24-25-26-27-28-29-30-31-32-33-34-35-36-37-38-39-40-41-42-43-44-45-46-47-48-49-50-51-52-53-54-55-56-57-58-59-60-64-65(61,62)63/h2-60H2,1H3,(H2,61,62,63). The summed E-state index contributed by atoms with van der Waals surface area (Å²) >= 11 is 0. The Bertz CT molecular complexity index is 875. The molecule has 0 aliphatic heterocycles. The molecule has 392 valence electrons. The molecule has 0 spiro atoms. The fourth-order valence-corrected chi connectivity index (χ4v) is 10.6. The highest BCUT2D eigenvalue weighted by molar-refractivity contribution is 7.46. The first-order chi connectivity index (χ1) is 32.1. The van der Waals surface area contributed by atoms with E-state index >= 15 is 0 Å². The molecule has 0 aliphatic rings. The van der Waals surface area contributed by atoms with E-state index < -0.39 is 7.82 Å². The van der Waals surface area contributed by atoms with E-state index in [2.05, 4.69) is 11.4 Å². The zero-order valence-corrected chi connectivity index (χ0v) is 45.8. The van der Waals surface area contributed by atoms with Crippen molar-refractivity contribution in [1.29, 1.82) is 0 Å². The highest BCUT2D eigenvalue weighted by Gasteiger charge is 2.12. The second kappa shape index (κ2) is 58.4. The number of rotatable bonds is 60. The maximum atomic E-state index is 10.6. The van der Waals surface area contributed by atoms with Gasteiger partial charge in [-0.05, 0) is 6.42 Å². The van der Waals surface area contributed by atoms with Crippen molar-refractivity contribution in [2.75, 3.05) is 6.61 Å². The zero-order chi connectivity index (χ0) is 46.9. The predicted molar refractivity (Wildman–Crippen MR) is 291 cm³/mol. The van der Waals surface area contributed by atoms with E-state index in [1.54, 1.807) is 0 Å². The van der Waals surface area contributed by atoms with Gasteiger partial charge in [0.05, 0.1) is 6.61 Å². The Balaban J connectivity index is 3.07. The van der Waals surface area contributed by atoms with Crippen LogP contribution in [0.3, 0.4) is 0 Å². The van der Waals surface area contributed by atoms with Crippen molar-refractivity contribution in [1.82, 2.24) is 0 Å². The molecule has 0 saturated heterocycles. The summed E-state index contributed by atoms with van der Waals surface area (Å²) in [5.41, 5.74) is 0. The molecule has 5 heteroatoms. The van der Waals surface area contributed by atoms with Gasteiger partial charge in [-0.3, -0.25) is 4.52 Å². The summed E-state index contributed by atoms with van der Waals surface area (Å²) in [6, 6.07) is 0. The van der Waals surface area contributed by atoms with Gasteiger partial charge in [-0.25, -0.2) is 4.57 Å². The Morgan fingerprint density at radius 1 is 0.215 bits per heavy atom. The summed E-state index contributed by atoms with van der Waals surface area (Å²) in [5.74, 6) is 0. The Kier molecular flexibility index (Phi) is 58.5. The summed E-state index contributed by atoms with van der Waals surface area (Å²) in [7, 11) is -4.28. The molecule has 0 heterocycles. The lowest BCUT2D eigenvalue weighted by atomic mass is 10.0. The lowest BCUT2D eigenvalue weighted by molar-refractivity contribution is 0.193. The molecule has 0 radical (unpaired) electrons. The molecule has 0 aromatic carbocycles.